The molecule has 1 aromatic heterocycles. The zero-order valence-electron chi connectivity index (χ0n) is 14.1. The van der Waals surface area contributed by atoms with E-state index in [2.05, 4.69) is 26.1 Å². The highest BCUT2D eigenvalue weighted by molar-refractivity contribution is 9.10. The molecule has 8 heteroatoms. The molecule has 6 nitrogen and oxygen atoms in total. The van der Waals surface area contributed by atoms with Crippen molar-refractivity contribution < 1.29 is 13.9 Å². The summed E-state index contributed by atoms with van der Waals surface area (Å²) >= 11 is 5.27. The zero-order valence-corrected chi connectivity index (χ0v) is 16.5. The number of anilines is 1. The largest absolute Gasteiger partial charge is 0.477 e. The summed E-state index contributed by atoms with van der Waals surface area (Å²) in [6.45, 7) is 2.32. The van der Waals surface area contributed by atoms with Gasteiger partial charge in [-0.2, -0.15) is 11.8 Å². The van der Waals surface area contributed by atoms with Crippen molar-refractivity contribution in [2.45, 2.75) is 6.54 Å². The molecule has 1 amide bonds. The number of hydrogen-bond acceptors (Lipinski definition) is 6. The molecule has 2 aromatic rings. The molecule has 26 heavy (non-hydrogen) atoms. The van der Waals surface area contributed by atoms with Gasteiger partial charge >= 0.3 is 0 Å². The Morgan fingerprint density at radius 2 is 2.12 bits per heavy atom. The molecule has 1 fully saturated rings. The topological polar surface area (TPSA) is 71.8 Å². The number of nitrogens with zero attached hydrogens (tertiary/aromatic N) is 1. The number of nitrogens with one attached hydrogen (secondary N) is 1. The summed E-state index contributed by atoms with van der Waals surface area (Å²) in [5.41, 5.74) is 0.364. The normalized spacial score (nSPS) is 14.8. The second kappa shape index (κ2) is 9.25. The summed E-state index contributed by atoms with van der Waals surface area (Å²) in [6, 6.07) is 8.66. The molecule has 0 spiro atoms. The molecular formula is C18H19BrN2O4S. The third-order valence-electron chi connectivity index (χ3n) is 3.80. The van der Waals surface area contributed by atoms with Gasteiger partial charge in [0.05, 0.1) is 6.54 Å². The van der Waals surface area contributed by atoms with Gasteiger partial charge in [0.1, 0.15) is 12.0 Å². The number of rotatable bonds is 6. The lowest BCUT2D eigenvalue weighted by atomic mass is 10.3. The molecule has 1 aliphatic heterocycles. The summed E-state index contributed by atoms with van der Waals surface area (Å²) in [4.78, 5) is 26.3. The van der Waals surface area contributed by atoms with Crippen molar-refractivity contribution in [3.8, 4) is 5.75 Å². The Balaban J connectivity index is 1.53. The molecule has 0 bridgehead atoms. The molecule has 0 saturated carbocycles. The molecule has 0 radical (unpaired) electrons. The van der Waals surface area contributed by atoms with Gasteiger partial charge in [0, 0.05) is 40.8 Å². The van der Waals surface area contributed by atoms with Crippen LogP contribution in [-0.4, -0.2) is 42.0 Å². The molecule has 3 rings (SSSR count). The van der Waals surface area contributed by atoms with Gasteiger partial charge in [0.25, 0.3) is 5.91 Å². The van der Waals surface area contributed by atoms with E-state index in [0.29, 0.717) is 18.0 Å². The zero-order chi connectivity index (χ0) is 18.4. The van der Waals surface area contributed by atoms with Crippen LogP contribution in [0.25, 0.3) is 0 Å². The van der Waals surface area contributed by atoms with Gasteiger partial charge in [-0.3, -0.25) is 14.5 Å². The van der Waals surface area contributed by atoms with Crippen LogP contribution in [0.4, 0.5) is 5.69 Å². The summed E-state index contributed by atoms with van der Waals surface area (Å²) in [5.74, 6) is 2.48. The minimum absolute atomic E-state index is 0.0346. The maximum Gasteiger partial charge on any atom is 0.262 e. The van der Waals surface area contributed by atoms with Gasteiger partial charge in [-0.15, -0.1) is 0 Å². The Labute approximate surface area is 164 Å². The lowest BCUT2D eigenvalue weighted by molar-refractivity contribution is -0.118. The first-order valence-corrected chi connectivity index (χ1v) is 10.1. The molecule has 0 aliphatic carbocycles. The summed E-state index contributed by atoms with van der Waals surface area (Å²) in [7, 11) is 0. The van der Waals surface area contributed by atoms with E-state index in [1.54, 1.807) is 12.1 Å². The number of thioether (sulfide) groups is 1. The van der Waals surface area contributed by atoms with E-state index in [4.69, 9.17) is 9.15 Å². The van der Waals surface area contributed by atoms with Gasteiger partial charge in [-0.1, -0.05) is 22.0 Å². The fourth-order valence-electron chi connectivity index (χ4n) is 2.51. The van der Waals surface area contributed by atoms with E-state index in [0.717, 1.165) is 29.1 Å². The highest BCUT2D eigenvalue weighted by Crippen LogP contribution is 2.16. The molecule has 138 valence electrons. The molecule has 1 saturated heterocycles. The van der Waals surface area contributed by atoms with Crippen LogP contribution in [0, 0.1) is 0 Å². The first-order valence-electron chi connectivity index (χ1n) is 8.20. The smallest absolute Gasteiger partial charge is 0.262 e. The molecule has 2 heterocycles. The van der Waals surface area contributed by atoms with Gasteiger partial charge in [-0.05, 0) is 18.2 Å². The van der Waals surface area contributed by atoms with E-state index >= 15 is 0 Å². The second-order valence-electron chi connectivity index (χ2n) is 5.81. The van der Waals surface area contributed by atoms with Crippen molar-refractivity contribution in [2.75, 3.05) is 36.5 Å². The minimum atomic E-state index is -0.350. The first kappa shape index (κ1) is 19.0. The van der Waals surface area contributed by atoms with Crippen molar-refractivity contribution in [3.05, 3.63) is 57.1 Å². The Kier molecular flexibility index (Phi) is 6.76. The average Bonchev–Trinajstić information content (AvgIpc) is 2.62. The van der Waals surface area contributed by atoms with E-state index in [1.165, 1.54) is 12.3 Å². The minimum Gasteiger partial charge on any atom is -0.477 e. The summed E-state index contributed by atoms with van der Waals surface area (Å²) in [5, 5.41) is 2.70. The SMILES string of the molecule is O=C(COc1coc(CN2CCSCC2)cc1=O)Nc1cccc(Br)c1. The fraction of sp³-hybridized carbons (Fsp3) is 0.333. The number of benzene rings is 1. The Morgan fingerprint density at radius 1 is 1.31 bits per heavy atom. The fourth-order valence-corrected chi connectivity index (χ4v) is 3.89. The van der Waals surface area contributed by atoms with Crippen LogP contribution in [-0.2, 0) is 11.3 Å². The number of carbonyl (C=O) groups is 1. The van der Waals surface area contributed by atoms with Crippen molar-refractivity contribution >= 4 is 39.3 Å². The van der Waals surface area contributed by atoms with Crippen molar-refractivity contribution in [1.29, 1.82) is 0 Å². The standard InChI is InChI=1S/C18H19BrN2O4S/c19-13-2-1-3-14(8-13)20-18(23)12-25-17-11-24-15(9-16(17)22)10-21-4-6-26-7-5-21/h1-3,8-9,11H,4-7,10,12H2,(H,20,23). The molecule has 1 aliphatic rings. The Bertz CT molecular complexity index is 821. The number of halogens is 1. The second-order valence-corrected chi connectivity index (χ2v) is 7.95. The van der Waals surface area contributed by atoms with Gasteiger partial charge in [0.15, 0.2) is 6.61 Å². The maximum absolute atomic E-state index is 12.2. The lowest BCUT2D eigenvalue weighted by Crippen LogP contribution is -2.32. The Hall–Kier alpha value is -1.77. The highest BCUT2D eigenvalue weighted by Gasteiger charge is 2.14. The van der Waals surface area contributed by atoms with Gasteiger partial charge in [-0.25, -0.2) is 0 Å². The van der Waals surface area contributed by atoms with Crippen LogP contribution >= 0.6 is 27.7 Å². The quantitative estimate of drug-likeness (QED) is 0.747. The first-order chi connectivity index (χ1) is 12.6. The predicted octanol–water partition coefficient (Wildman–Crippen LogP) is 2.97. The van der Waals surface area contributed by atoms with E-state index in [-0.39, 0.29) is 23.7 Å². The molecule has 0 atom stereocenters. The van der Waals surface area contributed by atoms with Crippen LogP contribution in [0.2, 0.25) is 0 Å². The van der Waals surface area contributed by atoms with Crippen molar-refractivity contribution in [1.82, 2.24) is 4.90 Å². The van der Waals surface area contributed by atoms with Crippen molar-refractivity contribution in [3.63, 3.8) is 0 Å². The third-order valence-corrected chi connectivity index (χ3v) is 5.24. The summed E-state index contributed by atoms with van der Waals surface area (Å²) in [6.07, 6.45) is 1.28. The Morgan fingerprint density at radius 3 is 2.85 bits per heavy atom. The highest BCUT2D eigenvalue weighted by atomic mass is 79.9. The predicted molar refractivity (Wildman–Crippen MR) is 106 cm³/mol. The van der Waals surface area contributed by atoms with E-state index in [9.17, 15) is 9.59 Å². The molecule has 0 unspecified atom stereocenters. The molecular weight excluding hydrogens is 420 g/mol. The van der Waals surface area contributed by atoms with E-state index < -0.39 is 0 Å². The number of ether oxygens (including phenoxy) is 1. The van der Waals surface area contributed by atoms with Crippen LogP contribution < -0.4 is 15.5 Å². The van der Waals surface area contributed by atoms with Crippen molar-refractivity contribution in [2.24, 2.45) is 0 Å². The number of carbonyl (C=O) groups excluding carboxylic acids is 1. The third kappa shape index (κ3) is 5.62. The van der Waals surface area contributed by atoms with Gasteiger partial charge in [0.2, 0.25) is 11.2 Å². The number of hydrogen-bond donors (Lipinski definition) is 1. The maximum atomic E-state index is 12.2. The van der Waals surface area contributed by atoms with Crippen LogP contribution in [0.3, 0.4) is 0 Å². The van der Waals surface area contributed by atoms with Crippen LogP contribution in [0.15, 0.2) is 50.3 Å². The summed E-state index contributed by atoms with van der Waals surface area (Å²) < 4.78 is 11.7. The molecule has 1 N–H and O–H groups in total. The number of amides is 1. The lowest BCUT2D eigenvalue weighted by Gasteiger charge is -2.25. The van der Waals surface area contributed by atoms with E-state index in [1.807, 2.05) is 23.9 Å². The molecule has 1 aromatic carbocycles. The van der Waals surface area contributed by atoms with Crippen LogP contribution in [0.1, 0.15) is 5.76 Å². The average molecular weight is 439 g/mol. The van der Waals surface area contributed by atoms with Crippen LogP contribution in [0.5, 0.6) is 5.75 Å². The van der Waals surface area contributed by atoms with Gasteiger partial charge < -0.3 is 14.5 Å². The monoisotopic (exact) mass is 438 g/mol.